The molecule has 0 N–H and O–H groups in total. The molecule has 8 heteroatoms. The number of nitro groups is 1. The number of esters is 1. The van der Waals surface area contributed by atoms with Gasteiger partial charge in [0, 0.05) is 6.20 Å². The number of hydrogen-bond donors (Lipinski definition) is 0. The van der Waals surface area contributed by atoms with Crippen LogP contribution in [0.15, 0.2) is 30.5 Å². The molecule has 0 aliphatic heterocycles. The van der Waals surface area contributed by atoms with Crippen molar-refractivity contribution in [2.45, 2.75) is 20.0 Å². The van der Waals surface area contributed by atoms with Gasteiger partial charge >= 0.3 is 5.97 Å². The Balaban J connectivity index is 2.55. The van der Waals surface area contributed by atoms with Crippen LogP contribution in [0.25, 0.3) is 11.3 Å². The molecule has 0 amide bonds. The predicted molar refractivity (Wildman–Crippen MR) is 86.9 cm³/mol. The standard InChI is InChI=1S/C16H14ClN2O5/c1-3-23-16(20)10(2)24-15-11(17)7-8-13(19(21)22)14(15)12-6-4-5-9-18-12/h4-7,9-10H,3H2,1-2H3. The van der Waals surface area contributed by atoms with Gasteiger partial charge in [-0.3, -0.25) is 15.1 Å². The Morgan fingerprint density at radius 2 is 2.25 bits per heavy atom. The monoisotopic (exact) mass is 349 g/mol. The van der Waals surface area contributed by atoms with Gasteiger partial charge in [0.2, 0.25) is 0 Å². The molecule has 0 spiro atoms. The molecule has 24 heavy (non-hydrogen) atoms. The Morgan fingerprint density at radius 3 is 2.83 bits per heavy atom. The first-order valence-electron chi connectivity index (χ1n) is 7.09. The number of hydrogen-bond acceptors (Lipinski definition) is 6. The number of aromatic nitrogens is 1. The summed E-state index contributed by atoms with van der Waals surface area (Å²) in [4.78, 5) is 26.6. The fourth-order valence-corrected chi connectivity index (χ4v) is 2.18. The predicted octanol–water partition coefficient (Wildman–Crippen LogP) is 3.44. The van der Waals surface area contributed by atoms with Crippen LogP contribution < -0.4 is 4.74 Å². The highest BCUT2D eigenvalue weighted by atomic mass is 35.5. The van der Waals surface area contributed by atoms with Gasteiger partial charge in [0.25, 0.3) is 5.69 Å². The number of carbonyl (C=O) groups is 1. The second kappa shape index (κ2) is 7.74. The second-order valence-electron chi connectivity index (χ2n) is 4.67. The molecule has 0 aliphatic rings. The summed E-state index contributed by atoms with van der Waals surface area (Å²) >= 11 is 6.12. The van der Waals surface area contributed by atoms with E-state index < -0.39 is 17.0 Å². The van der Waals surface area contributed by atoms with E-state index >= 15 is 0 Å². The first-order chi connectivity index (χ1) is 11.5. The molecule has 0 aliphatic carbocycles. The molecule has 2 aromatic rings. The summed E-state index contributed by atoms with van der Waals surface area (Å²) in [6.45, 7) is 3.33. The van der Waals surface area contributed by atoms with Crippen molar-refractivity contribution in [1.82, 2.24) is 4.98 Å². The lowest BCUT2D eigenvalue weighted by Crippen LogP contribution is -2.26. The number of nitrogens with zero attached hydrogens (tertiary/aromatic N) is 2. The molecule has 1 aromatic heterocycles. The van der Waals surface area contributed by atoms with Crippen LogP contribution in [0, 0.1) is 16.2 Å². The van der Waals surface area contributed by atoms with E-state index in [1.54, 1.807) is 25.1 Å². The maximum Gasteiger partial charge on any atom is 0.347 e. The molecule has 7 nitrogen and oxygen atoms in total. The molecule has 1 unspecified atom stereocenters. The van der Waals surface area contributed by atoms with Crippen molar-refractivity contribution >= 4 is 23.3 Å². The number of benzene rings is 1. The highest BCUT2D eigenvalue weighted by Crippen LogP contribution is 2.42. The van der Waals surface area contributed by atoms with Gasteiger partial charge in [-0.05, 0) is 32.0 Å². The zero-order valence-electron chi connectivity index (χ0n) is 13.0. The third-order valence-electron chi connectivity index (χ3n) is 3.03. The molecule has 0 saturated carbocycles. The summed E-state index contributed by atoms with van der Waals surface area (Å²) in [5, 5.41) is 11.4. The SMILES string of the molecule is CCOC(=O)C(C)Oc1c(Cl)c[c]c([N+](=O)[O-])c1-c1ccccn1. The number of pyridine rings is 1. The highest BCUT2D eigenvalue weighted by Gasteiger charge is 2.27. The van der Waals surface area contributed by atoms with Gasteiger partial charge in [0.15, 0.2) is 11.9 Å². The molecular weight excluding hydrogens is 336 g/mol. The van der Waals surface area contributed by atoms with Gasteiger partial charge in [0.1, 0.15) is 5.56 Å². The number of ether oxygens (including phenoxy) is 2. The van der Waals surface area contributed by atoms with Crippen molar-refractivity contribution in [3.05, 3.63) is 51.7 Å². The summed E-state index contributed by atoms with van der Waals surface area (Å²) in [5.41, 5.74) is 0.00224. The van der Waals surface area contributed by atoms with E-state index in [2.05, 4.69) is 11.1 Å². The lowest BCUT2D eigenvalue weighted by molar-refractivity contribution is -0.384. The topological polar surface area (TPSA) is 91.6 Å². The van der Waals surface area contributed by atoms with Crippen LogP contribution in [-0.4, -0.2) is 28.6 Å². The first-order valence-corrected chi connectivity index (χ1v) is 7.46. The van der Waals surface area contributed by atoms with Crippen LogP contribution >= 0.6 is 11.6 Å². The molecule has 125 valence electrons. The van der Waals surface area contributed by atoms with Crippen LogP contribution in [0.3, 0.4) is 0 Å². The lowest BCUT2D eigenvalue weighted by Gasteiger charge is -2.17. The Morgan fingerprint density at radius 1 is 1.50 bits per heavy atom. The van der Waals surface area contributed by atoms with Crippen molar-refractivity contribution in [3.63, 3.8) is 0 Å². The minimum atomic E-state index is -0.994. The Bertz CT molecular complexity index is 752. The average molecular weight is 350 g/mol. The number of halogens is 1. The van der Waals surface area contributed by atoms with E-state index in [9.17, 15) is 14.9 Å². The molecule has 1 aromatic carbocycles. The molecule has 0 fully saturated rings. The Labute approximate surface area is 143 Å². The Kier molecular flexibility index (Phi) is 5.70. The largest absolute Gasteiger partial charge is 0.476 e. The van der Waals surface area contributed by atoms with Gasteiger partial charge in [-0.1, -0.05) is 17.7 Å². The highest BCUT2D eigenvalue weighted by molar-refractivity contribution is 6.32. The van der Waals surface area contributed by atoms with E-state index in [1.807, 2.05) is 0 Å². The van der Waals surface area contributed by atoms with E-state index in [0.29, 0.717) is 0 Å². The van der Waals surface area contributed by atoms with E-state index in [-0.39, 0.29) is 34.3 Å². The summed E-state index contributed by atoms with van der Waals surface area (Å²) < 4.78 is 10.4. The molecule has 1 heterocycles. The molecule has 0 bridgehead atoms. The van der Waals surface area contributed by atoms with E-state index in [4.69, 9.17) is 21.1 Å². The molecular formula is C16H14ClN2O5. The van der Waals surface area contributed by atoms with Gasteiger partial charge in [-0.15, -0.1) is 0 Å². The maximum absolute atomic E-state index is 11.8. The summed E-state index contributed by atoms with van der Waals surface area (Å²) in [6.07, 6.45) is 0.491. The minimum Gasteiger partial charge on any atom is -0.476 e. The summed E-state index contributed by atoms with van der Waals surface area (Å²) in [6, 6.07) is 8.65. The summed E-state index contributed by atoms with van der Waals surface area (Å²) in [5.74, 6) is -0.614. The zero-order chi connectivity index (χ0) is 17.7. The van der Waals surface area contributed by atoms with Crippen LogP contribution in [0.2, 0.25) is 5.02 Å². The number of rotatable bonds is 6. The van der Waals surface area contributed by atoms with Crippen molar-refractivity contribution in [2.24, 2.45) is 0 Å². The summed E-state index contributed by atoms with van der Waals surface area (Å²) in [7, 11) is 0. The third-order valence-corrected chi connectivity index (χ3v) is 3.31. The van der Waals surface area contributed by atoms with Crippen LogP contribution in [0.5, 0.6) is 5.75 Å². The second-order valence-corrected chi connectivity index (χ2v) is 5.08. The van der Waals surface area contributed by atoms with Crippen molar-refractivity contribution in [3.8, 4) is 17.0 Å². The number of nitro benzene ring substituents is 1. The zero-order valence-corrected chi connectivity index (χ0v) is 13.7. The van der Waals surface area contributed by atoms with Gasteiger partial charge < -0.3 is 9.47 Å². The van der Waals surface area contributed by atoms with Crippen molar-refractivity contribution in [2.75, 3.05) is 6.61 Å². The normalized spacial score (nSPS) is 11.6. The lowest BCUT2D eigenvalue weighted by atomic mass is 10.1. The smallest absolute Gasteiger partial charge is 0.347 e. The van der Waals surface area contributed by atoms with E-state index in [0.717, 1.165) is 0 Å². The van der Waals surface area contributed by atoms with Crippen LogP contribution in [-0.2, 0) is 9.53 Å². The number of carbonyl (C=O) groups excluding carboxylic acids is 1. The average Bonchev–Trinajstić information content (AvgIpc) is 2.57. The molecule has 2 rings (SSSR count). The Hall–Kier alpha value is -2.67. The quantitative estimate of drug-likeness (QED) is 0.450. The minimum absolute atomic E-state index is 0.0126. The van der Waals surface area contributed by atoms with E-state index in [1.165, 1.54) is 19.2 Å². The van der Waals surface area contributed by atoms with Gasteiger partial charge in [-0.2, -0.15) is 0 Å². The third kappa shape index (κ3) is 3.80. The van der Waals surface area contributed by atoms with Crippen LogP contribution in [0.4, 0.5) is 5.69 Å². The maximum atomic E-state index is 11.8. The van der Waals surface area contributed by atoms with Crippen molar-refractivity contribution in [1.29, 1.82) is 0 Å². The molecule has 1 atom stereocenters. The van der Waals surface area contributed by atoms with Gasteiger partial charge in [-0.25, -0.2) is 4.79 Å². The first kappa shape index (κ1) is 17.7. The van der Waals surface area contributed by atoms with Gasteiger partial charge in [0.05, 0.1) is 28.3 Å². The fourth-order valence-electron chi connectivity index (χ4n) is 1.99. The molecule has 1 radical (unpaired) electrons. The molecule has 0 saturated heterocycles. The fraction of sp³-hybridized carbons (Fsp3) is 0.250. The van der Waals surface area contributed by atoms with Crippen molar-refractivity contribution < 1.29 is 19.2 Å². The van der Waals surface area contributed by atoms with Crippen LogP contribution in [0.1, 0.15) is 13.8 Å².